The number of para-hydroxylation sites is 1. The molecule has 0 spiro atoms. The molecule has 3 heteroatoms. The van der Waals surface area contributed by atoms with Crippen LogP contribution >= 0.6 is 15.9 Å². The standard InChI is InChI=1S/C13H17BrN2/c1-15-7-6-9-8-12(15)16(2)13-10(9)4-3-5-11(13)14/h3-5,9,12H,6-8H2,1-2H3. The second-order valence-electron chi connectivity index (χ2n) is 4.97. The van der Waals surface area contributed by atoms with Crippen LogP contribution in [0.4, 0.5) is 5.69 Å². The van der Waals surface area contributed by atoms with Crippen molar-refractivity contribution < 1.29 is 0 Å². The largest absolute Gasteiger partial charge is 0.358 e. The summed E-state index contributed by atoms with van der Waals surface area (Å²) < 4.78 is 1.23. The zero-order chi connectivity index (χ0) is 11.3. The number of halogens is 1. The minimum Gasteiger partial charge on any atom is -0.358 e. The lowest BCUT2D eigenvalue weighted by Crippen LogP contribution is -2.52. The Kier molecular flexibility index (Phi) is 2.48. The van der Waals surface area contributed by atoms with Gasteiger partial charge in [-0.25, -0.2) is 0 Å². The van der Waals surface area contributed by atoms with Gasteiger partial charge >= 0.3 is 0 Å². The number of anilines is 1. The van der Waals surface area contributed by atoms with Crippen molar-refractivity contribution in [2.24, 2.45) is 0 Å². The van der Waals surface area contributed by atoms with Crippen molar-refractivity contribution in [3.8, 4) is 0 Å². The molecule has 1 saturated heterocycles. The Morgan fingerprint density at radius 3 is 2.94 bits per heavy atom. The molecule has 1 fully saturated rings. The summed E-state index contributed by atoms with van der Waals surface area (Å²) in [7, 11) is 4.45. The van der Waals surface area contributed by atoms with Crippen LogP contribution in [0.3, 0.4) is 0 Å². The quantitative estimate of drug-likeness (QED) is 0.721. The lowest BCUT2D eigenvalue weighted by molar-refractivity contribution is 0.159. The molecule has 1 aromatic rings. The number of rotatable bonds is 0. The second-order valence-corrected chi connectivity index (χ2v) is 5.83. The molecule has 0 aliphatic carbocycles. The normalized spacial score (nSPS) is 29.1. The van der Waals surface area contributed by atoms with Crippen molar-refractivity contribution in [1.29, 1.82) is 0 Å². The van der Waals surface area contributed by atoms with E-state index in [1.165, 1.54) is 35.1 Å². The monoisotopic (exact) mass is 280 g/mol. The van der Waals surface area contributed by atoms with Crippen LogP contribution in [0.1, 0.15) is 24.3 Å². The smallest absolute Gasteiger partial charge is 0.0821 e. The maximum atomic E-state index is 3.69. The van der Waals surface area contributed by atoms with Gasteiger partial charge in [-0.15, -0.1) is 0 Å². The van der Waals surface area contributed by atoms with Crippen LogP contribution in [-0.4, -0.2) is 31.7 Å². The lowest BCUT2D eigenvalue weighted by Gasteiger charge is -2.48. The van der Waals surface area contributed by atoms with E-state index in [0.717, 1.165) is 5.92 Å². The molecule has 3 rings (SSSR count). The highest BCUT2D eigenvalue weighted by atomic mass is 79.9. The molecule has 2 bridgehead atoms. The number of likely N-dealkylation sites (tertiary alicyclic amines) is 1. The molecule has 1 aromatic carbocycles. The molecule has 86 valence electrons. The average molecular weight is 281 g/mol. The van der Waals surface area contributed by atoms with Crippen LogP contribution < -0.4 is 4.90 Å². The first kappa shape index (κ1) is 10.6. The summed E-state index contributed by atoms with van der Waals surface area (Å²) in [5, 5.41) is 0. The molecule has 2 nitrogen and oxygen atoms in total. The molecule has 2 aliphatic rings. The van der Waals surface area contributed by atoms with Gasteiger partial charge in [-0.3, -0.25) is 4.90 Å². The Morgan fingerprint density at radius 1 is 1.31 bits per heavy atom. The van der Waals surface area contributed by atoms with Crippen LogP contribution in [0, 0.1) is 0 Å². The summed E-state index contributed by atoms with van der Waals surface area (Å²) in [5.41, 5.74) is 2.93. The highest BCUT2D eigenvalue weighted by Gasteiger charge is 2.37. The summed E-state index contributed by atoms with van der Waals surface area (Å²) in [4.78, 5) is 4.90. The summed E-state index contributed by atoms with van der Waals surface area (Å²) in [6.45, 7) is 1.21. The van der Waals surface area contributed by atoms with Gasteiger partial charge in [0.15, 0.2) is 0 Å². The van der Waals surface area contributed by atoms with Crippen molar-refractivity contribution in [3.63, 3.8) is 0 Å². The predicted octanol–water partition coefficient (Wildman–Crippen LogP) is 3.03. The number of piperidine rings is 1. The molecular weight excluding hydrogens is 264 g/mol. The van der Waals surface area contributed by atoms with Crippen molar-refractivity contribution >= 4 is 21.6 Å². The molecule has 16 heavy (non-hydrogen) atoms. The first-order valence-corrected chi connectivity index (χ1v) is 6.69. The van der Waals surface area contributed by atoms with E-state index in [1.54, 1.807) is 0 Å². The van der Waals surface area contributed by atoms with E-state index in [1.807, 2.05) is 0 Å². The summed E-state index contributed by atoms with van der Waals surface area (Å²) in [5.74, 6) is 0.755. The SMILES string of the molecule is CN1CCC2CC1N(C)c1c(Br)cccc12. The molecule has 0 radical (unpaired) electrons. The summed E-state index contributed by atoms with van der Waals surface area (Å²) >= 11 is 3.69. The fourth-order valence-corrected chi connectivity index (χ4v) is 3.84. The van der Waals surface area contributed by atoms with Gasteiger partial charge in [0.05, 0.1) is 11.9 Å². The van der Waals surface area contributed by atoms with E-state index in [9.17, 15) is 0 Å². The van der Waals surface area contributed by atoms with E-state index >= 15 is 0 Å². The maximum absolute atomic E-state index is 3.69. The number of benzene rings is 1. The van der Waals surface area contributed by atoms with Crippen LogP contribution in [0.15, 0.2) is 22.7 Å². The number of hydrogen-bond donors (Lipinski definition) is 0. The van der Waals surface area contributed by atoms with Gasteiger partial charge in [-0.1, -0.05) is 12.1 Å². The predicted molar refractivity (Wildman–Crippen MR) is 70.9 cm³/mol. The third-order valence-electron chi connectivity index (χ3n) is 4.09. The van der Waals surface area contributed by atoms with Crippen molar-refractivity contribution in [2.45, 2.75) is 24.9 Å². The number of nitrogens with zero attached hydrogens (tertiary/aromatic N) is 2. The van der Waals surface area contributed by atoms with Gasteiger partial charge in [0.1, 0.15) is 0 Å². The molecular formula is C13H17BrN2. The Balaban J connectivity index is 2.13. The highest BCUT2D eigenvalue weighted by Crippen LogP contribution is 2.45. The molecule has 0 saturated carbocycles. The van der Waals surface area contributed by atoms with Gasteiger partial charge in [-0.2, -0.15) is 0 Å². The molecule has 0 N–H and O–H groups in total. The number of fused-ring (bicyclic) bond motifs is 4. The first-order chi connectivity index (χ1) is 7.68. The maximum Gasteiger partial charge on any atom is 0.0821 e. The van der Waals surface area contributed by atoms with E-state index in [-0.39, 0.29) is 0 Å². The summed E-state index contributed by atoms with van der Waals surface area (Å²) in [6, 6.07) is 6.61. The average Bonchev–Trinajstić information content (AvgIpc) is 2.28. The van der Waals surface area contributed by atoms with Gasteiger partial charge in [0, 0.05) is 18.1 Å². The third kappa shape index (κ3) is 1.41. The van der Waals surface area contributed by atoms with E-state index in [2.05, 4.69) is 58.0 Å². The molecule has 2 atom stereocenters. The Morgan fingerprint density at radius 2 is 2.12 bits per heavy atom. The lowest BCUT2D eigenvalue weighted by atomic mass is 9.83. The first-order valence-electron chi connectivity index (χ1n) is 5.90. The minimum absolute atomic E-state index is 0.574. The highest BCUT2D eigenvalue weighted by molar-refractivity contribution is 9.10. The van der Waals surface area contributed by atoms with Crippen LogP contribution in [0.25, 0.3) is 0 Å². The second kappa shape index (κ2) is 3.74. The molecule has 2 aliphatic heterocycles. The van der Waals surface area contributed by atoms with Crippen molar-refractivity contribution in [3.05, 3.63) is 28.2 Å². The zero-order valence-corrected chi connectivity index (χ0v) is 11.4. The topological polar surface area (TPSA) is 6.48 Å². The summed E-state index contributed by atoms with van der Waals surface area (Å²) in [6.07, 6.45) is 3.14. The van der Waals surface area contributed by atoms with Crippen LogP contribution in [0.2, 0.25) is 0 Å². The third-order valence-corrected chi connectivity index (χ3v) is 4.73. The van der Waals surface area contributed by atoms with E-state index < -0.39 is 0 Å². The molecule has 2 unspecified atom stereocenters. The molecule has 0 aromatic heterocycles. The molecule has 2 heterocycles. The Labute approximate surface area is 105 Å². The van der Waals surface area contributed by atoms with E-state index in [0.29, 0.717) is 6.17 Å². The van der Waals surface area contributed by atoms with Gasteiger partial charge in [0.25, 0.3) is 0 Å². The Hall–Kier alpha value is -0.540. The fraction of sp³-hybridized carbons (Fsp3) is 0.538. The van der Waals surface area contributed by atoms with Gasteiger partial charge in [0.2, 0.25) is 0 Å². The Bertz CT molecular complexity index is 418. The van der Waals surface area contributed by atoms with Crippen molar-refractivity contribution in [2.75, 3.05) is 25.5 Å². The van der Waals surface area contributed by atoms with Crippen LogP contribution in [0.5, 0.6) is 0 Å². The van der Waals surface area contributed by atoms with Gasteiger partial charge < -0.3 is 4.90 Å². The minimum atomic E-state index is 0.574. The fourth-order valence-electron chi connectivity index (χ4n) is 3.18. The van der Waals surface area contributed by atoms with Crippen LogP contribution in [-0.2, 0) is 0 Å². The van der Waals surface area contributed by atoms with Crippen molar-refractivity contribution in [1.82, 2.24) is 4.90 Å². The number of hydrogen-bond acceptors (Lipinski definition) is 2. The zero-order valence-electron chi connectivity index (χ0n) is 9.78. The van der Waals surface area contributed by atoms with Gasteiger partial charge in [-0.05, 0) is 53.4 Å². The van der Waals surface area contributed by atoms with E-state index in [4.69, 9.17) is 0 Å². The molecule has 0 amide bonds.